The van der Waals surface area contributed by atoms with Gasteiger partial charge in [0.1, 0.15) is 11.6 Å². The van der Waals surface area contributed by atoms with Gasteiger partial charge in [-0.25, -0.2) is 13.9 Å². The molecule has 8 rings (SSSR count). The number of para-hydroxylation sites is 1. The zero-order valence-electron chi connectivity index (χ0n) is 20.9. The number of nitrogens with zero attached hydrogens (tertiary/aromatic N) is 6. The van der Waals surface area contributed by atoms with Crippen LogP contribution in [0.3, 0.4) is 0 Å². The van der Waals surface area contributed by atoms with Gasteiger partial charge in [0.05, 0.1) is 0 Å². The van der Waals surface area contributed by atoms with Crippen LogP contribution in [0.5, 0.6) is 11.5 Å². The third kappa shape index (κ3) is 3.67. The van der Waals surface area contributed by atoms with Crippen LogP contribution >= 0.6 is 0 Å². The average molecular weight is 704 g/mol. The smallest absolute Gasteiger partial charge is 0.509 e. The predicted octanol–water partition coefficient (Wildman–Crippen LogP) is 6.76. The molecule has 0 saturated heterocycles. The summed E-state index contributed by atoms with van der Waals surface area (Å²) in [4.78, 5) is 4.67. The Morgan fingerprint density at radius 1 is 0.775 bits per heavy atom. The molecule has 0 amide bonds. The van der Waals surface area contributed by atoms with E-state index in [2.05, 4.69) is 49.3 Å². The number of aryl methyl sites for hydroxylation is 1. The molecule has 194 valence electrons. The molecule has 7 nitrogen and oxygen atoms in total. The summed E-state index contributed by atoms with van der Waals surface area (Å²) >= 11 is 0. The molecule has 0 fully saturated rings. The summed E-state index contributed by atoms with van der Waals surface area (Å²) in [5.74, 6) is 1.47. The molecule has 0 unspecified atom stereocenters. The SMILES string of the molecule is Cc1ccc(-n2c3[c-]c(Oc4[c-]c5c(cc4)c4ccc(F)cc4c4nnnn54)ccc3c3ccccc32)nc1.[Pt+2]. The minimum Gasteiger partial charge on any atom is -0.509 e. The molecule has 0 saturated carbocycles. The molecule has 40 heavy (non-hydrogen) atoms. The molecule has 9 heteroatoms. The summed E-state index contributed by atoms with van der Waals surface area (Å²) in [5, 5.41) is 16.5. The maximum atomic E-state index is 14.0. The second-order valence-electron chi connectivity index (χ2n) is 9.42. The molecule has 0 aliphatic carbocycles. The minimum absolute atomic E-state index is 0. The van der Waals surface area contributed by atoms with E-state index < -0.39 is 0 Å². The Kier molecular flexibility index (Phi) is 5.61. The molecule has 0 N–H and O–H groups in total. The monoisotopic (exact) mass is 703 g/mol. The van der Waals surface area contributed by atoms with Crippen molar-refractivity contribution in [2.45, 2.75) is 6.92 Å². The first-order valence-corrected chi connectivity index (χ1v) is 12.4. The van der Waals surface area contributed by atoms with E-state index in [4.69, 9.17) is 4.74 Å². The van der Waals surface area contributed by atoms with Crippen molar-refractivity contribution in [2.75, 3.05) is 0 Å². The molecule has 0 bridgehead atoms. The number of benzene rings is 4. The van der Waals surface area contributed by atoms with Crippen LogP contribution in [0.4, 0.5) is 4.39 Å². The van der Waals surface area contributed by atoms with E-state index in [1.165, 1.54) is 12.1 Å². The Morgan fingerprint density at radius 3 is 2.33 bits per heavy atom. The number of aromatic nitrogens is 6. The molecule has 0 aliphatic heterocycles. The van der Waals surface area contributed by atoms with E-state index in [1.807, 2.05) is 61.7 Å². The third-order valence-electron chi connectivity index (χ3n) is 6.99. The van der Waals surface area contributed by atoms with Crippen LogP contribution in [0.1, 0.15) is 5.56 Å². The molecule has 0 aliphatic rings. The Hall–Kier alpha value is -4.68. The Bertz CT molecular complexity index is 2240. The van der Waals surface area contributed by atoms with Crippen LogP contribution in [0, 0.1) is 24.9 Å². The molecular formula is C31H17FN6OPt. The number of hydrogen-bond donors (Lipinski definition) is 0. The first-order chi connectivity index (χ1) is 19.1. The third-order valence-corrected chi connectivity index (χ3v) is 6.99. The summed E-state index contributed by atoms with van der Waals surface area (Å²) in [6.45, 7) is 2.02. The molecule has 4 heterocycles. The number of hydrogen-bond acceptors (Lipinski definition) is 5. The van der Waals surface area contributed by atoms with Crippen molar-refractivity contribution in [3.05, 3.63) is 109 Å². The first-order valence-electron chi connectivity index (χ1n) is 12.4. The van der Waals surface area contributed by atoms with Crippen molar-refractivity contribution in [3.63, 3.8) is 0 Å². The van der Waals surface area contributed by atoms with Gasteiger partial charge in [-0.1, -0.05) is 41.2 Å². The van der Waals surface area contributed by atoms with Gasteiger partial charge in [-0.05, 0) is 58.1 Å². The van der Waals surface area contributed by atoms with E-state index in [9.17, 15) is 4.39 Å². The van der Waals surface area contributed by atoms with Gasteiger partial charge in [-0.3, -0.25) is 0 Å². The standard InChI is InChI=1S/C31H17FN6O.Pt/c1-18-6-13-30(33-17-18)37-27-5-3-2-4-23(27)25-12-9-20(15-28(25)37)39-21-8-11-24-22-10-7-19(32)14-26(22)31-34-35-36-38(31)29(24)16-21;/h2-14,17H,1H3;/q-2;+2. The van der Waals surface area contributed by atoms with E-state index in [-0.39, 0.29) is 26.9 Å². The van der Waals surface area contributed by atoms with Crippen molar-refractivity contribution in [1.82, 2.24) is 29.6 Å². The quantitative estimate of drug-likeness (QED) is 0.150. The van der Waals surface area contributed by atoms with Crippen molar-refractivity contribution < 1.29 is 30.2 Å². The summed E-state index contributed by atoms with van der Waals surface area (Å²) in [5.41, 5.74) is 4.08. The zero-order valence-corrected chi connectivity index (χ0v) is 23.1. The Balaban J connectivity index is 0.00000264. The van der Waals surface area contributed by atoms with Gasteiger partial charge in [0.2, 0.25) is 0 Å². The molecule has 4 aromatic carbocycles. The number of rotatable bonds is 3. The van der Waals surface area contributed by atoms with Gasteiger partial charge < -0.3 is 9.30 Å². The van der Waals surface area contributed by atoms with Crippen molar-refractivity contribution in [1.29, 1.82) is 0 Å². The minimum atomic E-state index is -0.347. The van der Waals surface area contributed by atoms with Crippen molar-refractivity contribution in [2.24, 2.45) is 0 Å². The maximum Gasteiger partial charge on any atom is 2.00 e. The van der Waals surface area contributed by atoms with Crippen LogP contribution in [0.15, 0.2) is 85.1 Å². The fourth-order valence-corrected chi connectivity index (χ4v) is 5.23. The van der Waals surface area contributed by atoms with E-state index in [1.54, 1.807) is 10.6 Å². The molecule has 4 aromatic heterocycles. The molecule has 8 aromatic rings. The molecule has 0 atom stereocenters. The molecule has 0 radical (unpaired) electrons. The number of ether oxygens (including phenoxy) is 1. The van der Waals surface area contributed by atoms with E-state index in [0.717, 1.165) is 44.0 Å². The summed E-state index contributed by atoms with van der Waals surface area (Å²) in [6.07, 6.45) is 1.86. The first kappa shape index (κ1) is 24.4. The second-order valence-corrected chi connectivity index (χ2v) is 9.42. The molecule has 0 spiro atoms. The van der Waals surface area contributed by atoms with Gasteiger partial charge in [0.25, 0.3) is 0 Å². The number of pyridine rings is 2. The van der Waals surface area contributed by atoms with Crippen LogP contribution in [-0.4, -0.2) is 29.6 Å². The maximum absolute atomic E-state index is 14.0. The fraction of sp³-hybridized carbons (Fsp3) is 0.0323. The Labute approximate surface area is 241 Å². The van der Waals surface area contributed by atoms with Crippen LogP contribution in [0.25, 0.3) is 54.9 Å². The number of fused-ring (bicyclic) bond motifs is 9. The van der Waals surface area contributed by atoms with Crippen molar-refractivity contribution in [3.8, 4) is 17.3 Å². The summed E-state index contributed by atoms with van der Waals surface area (Å²) < 4.78 is 23.9. The van der Waals surface area contributed by atoms with Crippen LogP contribution in [-0.2, 0) is 21.1 Å². The molecular weight excluding hydrogens is 686 g/mol. The Morgan fingerprint density at radius 2 is 1.52 bits per heavy atom. The van der Waals surface area contributed by atoms with Gasteiger partial charge >= 0.3 is 21.1 Å². The van der Waals surface area contributed by atoms with Gasteiger partial charge in [0.15, 0.2) is 5.65 Å². The number of tetrazole rings is 1. The van der Waals surface area contributed by atoms with Gasteiger partial charge in [-0.2, -0.15) is 12.1 Å². The van der Waals surface area contributed by atoms with E-state index >= 15 is 0 Å². The topological polar surface area (TPSA) is 70.1 Å². The summed E-state index contributed by atoms with van der Waals surface area (Å²) in [6, 6.07) is 31.3. The summed E-state index contributed by atoms with van der Waals surface area (Å²) in [7, 11) is 0. The van der Waals surface area contributed by atoms with E-state index in [0.29, 0.717) is 28.0 Å². The predicted molar refractivity (Wildman–Crippen MR) is 147 cm³/mol. The average Bonchev–Trinajstić information content (AvgIpc) is 3.57. The van der Waals surface area contributed by atoms with Gasteiger partial charge in [0, 0.05) is 28.6 Å². The van der Waals surface area contributed by atoms with Gasteiger partial charge in [-0.15, -0.1) is 40.1 Å². The largest absolute Gasteiger partial charge is 2.00 e. The van der Waals surface area contributed by atoms with Crippen molar-refractivity contribution >= 4 is 49.1 Å². The normalized spacial score (nSPS) is 11.6. The van der Waals surface area contributed by atoms with Crippen LogP contribution < -0.4 is 4.74 Å². The number of halogens is 1. The zero-order chi connectivity index (χ0) is 26.1. The van der Waals surface area contributed by atoms with Crippen LogP contribution in [0.2, 0.25) is 0 Å². The fourth-order valence-electron chi connectivity index (χ4n) is 5.23. The second kappa shape index (κ2) is 9.21.